The SMILES string of the molecule is CN1CCN(C(=O)c2ccc3[nH]nc(-c4nc(-c5ccccc5)c[nH]4)c3c2)CC1. The van der Waals surface area contributed by atoms with Crippen molar-refractivity contribution in [2.75, 3.05) is 33.2 Å². The number of amides is 1. The minimum atomic E-state index is 0.0663. The molecule has 0 spiro atoms. The molecule has 0 atom stereocenters. The molecule has 2 aromatic carbocycles. The van der Waals surface area contributed by atoms with Gasteiger partial charge in [0.2, 0.25) is 0 Å². The van der Waals surface area contributed by atoms with E-state index >= 15 is 0 Å². The van der Waals surface area contributed by atoms with Crippen molar-refractivity contribution in [1.82, 2.24) is 30.0 Å². The summed E-state index contributed by atoms with van der Waals surface area (Å²) >= 11 is 0. The van der Waals surface area contributed by atoms with Crippen molar-refractivity contribution in [3.05, 3.63) is 60.3 Å². The first-order valence-electron chi connectivity index (χ1n) is 9.76. The van der Waals surface area contributed by atoms with E-state index in [2.05, 4.69) is 27.1 Å². The highest BCUT2D eigenvalue weighted by Gasteiger charge is 2.21. The molecule has 29 heavy (non-hydrogen) atoms. The predicted octanol–water partition coefficient (Wildman–Crippen LogP) is 3.01. The Balaban J connectivity index is 1.47. The van der Waals surface area contributed by atoms with Gasteiger partial charge in [0.15, 0.2) is 5.82 Å². The van der Waals surface area contributed by atoms with Crippen molar-refractivity contribution in [3.8, 4) is 22.8 Å². The van der Waals surface area contributed by atoms with E-state index in [9.17, 15) is 4.79 Å². The van der Waals surface area contributed by atoms with Crippen LogP contribution in [0, 0.1) is 0 Å². The summed E-state index contributed by atoms with van der Waals surface area (Å²) in [7, 11) is 2.08. The third-order valence-electron chi connectivity index (χ3n) is 5.47. The third kappa shape index (κ3) is 3.30. The Labute approximate surface area is 168 Å². The summed E-state index contributed by atoms with van der Waals surface area (Å²) in [6.07, 6.45) is 1.88. The molecule has 1 amide bonds. The molecule has 0 saturated carbocycles. The first-order valence-corrected chi connectivity index (χ1v) is 9.76. The highest BCUT2D eigenvalue weighted by atomic mass is 16.2. The molecule has 2 aromatic heterocycles. The number of carbonyl (C=O) groups excluding carboxylic acids is 1. The van der Waals surface area contributed by atoms with Gasteiger partial charge in [0.25, 0.3) is 5.91 Å². The van der Waals surface area contributed by atoms with Crippen molar-refractivity contribution in [3.63, 3.8) is 0 Å². The van der Waals surface area contributed by atoms with Gasteiger partial charge in [-0.1, -0.05) is 30.3 Å². The van der Waals surface area contributed by atoms with Crippen molar-refractivity contribution in [2.24, 2.45) is 0 Å². The number of nitrogens with zero attached hydrogens (tertiary/aromatic N) is 4. The maximum atomic E-state index is 13.0. The van der Waals surface area contributed by atoms with Crippen LogP contribution in [0.4, 0.5) is 0 Å². The van der Waals surface area contributed by atoms with Crippen molar-refractivity contribution >= 4 is 16.8 Å². The summed E-state index contributed by atoms with van der Waals surface area (Å²) in [6.45, 7) is 3.31. The molecule has 0 aliphatic carbocycles. The van der Waals surface area contributed by atoms with Gasteiger partial charge in [0, 0.05) is 48.9 Å². The molecule has 7 heteroatoms. The topological polar surface area (TPSA) is 80.9 Å². The monoisotopic (exact) mass is 386 g/mol. The van der Waals surface area contributed by atoms with Gasteiger partial charge in [-0.15, -0.1) is 0 Å². The summed E-state index contributed by atoms with van der Waals surface area (Å²) in [5, 5.41) is 8.38. The van der Waals surface area contributed by atoms with E-state index < -0.39 is 0 Å². The number of fused-ring (bicyclic) bond motifs is 1. The van der Waals surface area contributed by atoms with Crippen LogP contribution in [0.1, 0.15) is 10.4 Å². The standard InChI is InChI=1S/C22H22N6O/c1-27-9-11-28(12-10-27)22(29)16-7-8-18-17(13-16)20(26-25-18)21-23-14-19(24-21)15-5-3-2-4-6-15/h2-8,13-14H,9-12H2,1H3,(H,23,24)(H,25,26). The minimum absolute atomic E-state index is 0.0663. The van der Waals surface area contributed by atoms with E-state index in [-0.39, 0.29) is 5.91 Å². The molecular formula is C22H22N6O. The Morgan fingerprint density at radius 2 is 1.83 bits per heavy atom. The van der Waals surface area contributed by atoms with Crippen molar-refractivity contribution in [1.29, 1.82) is 0 Å². The molecule has 0 bridgehead atoms. The van der Waals surface area contributed by atoms with E-state index in [1.54, 1.807) is 0 Å². The lowest BCUT2D eigenvalue weighted by molar-refractivity contribution is 0.0664. The largest absolute Gasteiger partial charge is 0.343 e. The summed E-state index contributed by atoms with van der Waals surface area (Å²) < 4.78 is 0. The number of benzene rings is 2. The Hall–Kier alpha value is -3.45. The number of rotatable bonds is 3. The zero-order valence-electron chi connectivity index (χ0n) is 16.2. The predicted molar refractivity (Wildman–Crippen MR) is 113 cm³/mol. The second-order valence-electron chi connectivity index (χ2n) is 7.43. The van der Waals surface area contributed by atoms with Crippen LogP contribution in [0.15, 0.2) is 54.7 Å². The fourth-order valence-electron chi connectivity index (χ4n) is 3.72. The van der Waals surface area contributed by atoms with Gasteiger partial charge in [-0.05, 0) is 25.2 Å². The number of likely N-dealkylation sites (N-methyl/N-ethyl adjacent to an activating group) is 1. The molecule has 5 rings (SSSR count). The first-order chi connectivity index (χ1) is 14.2. The number of carbonyl (C=O) groups is 1. The average molecular weight is 386 g/mol. The molecule has 3 heterocycles. The fraction of sp³-hybridized carbons (Fsp3) is 0.227. The Morgan fingerprint density at radius 3 is 2.62 bits per heavy atom. The molecule has 4 aromatic rings. The number of hydrogen-bond donors (Lipinski definition) is 2. The fourth-order valence-corrected chi connectivity index (χ4v) is 3.72. The maximum Gasteiger partial charge on any atom is 0.253 e. The van der Waals surface area contributed by atoms with Gasteiger partial charge in [-0.25, -0.2) is 4.98 Å². The zero-order valence-corrected chi connectivity index (χ0v) is 16.2. The molecule has 146 valence electrons. The number of aromatic amines is 2. The molecular weight excluding hydrogens is 364 g/mol. The summed E-state index contributed by atoms with van der Waals surface area (Å²) in [6, 6.07) is 15.7. The summed E-state index contributed by atoms with van der Waals surface area (Å²) in [5.74, 6) is 0.746. The first kappa shape index (κ1) is 17.6. The van der Waals surface area contributed by atoms with Crippen LogP contribution < -0.4 is 0 Å². The van der Waals surface area contributed by atoms with Crippen LogP contribution in [0.5, 0.6) is 0 Å². The molecule has 0 radical (unpaired) electrons. The highest BCUT2D eigenvalue weighted by molar-refractivity contribution is 6.01. The van der Waals surface area contributed by atoms with E-state index in [1.165, 1.54) is 0 Å². The second-order valence-corrected chi connectivity index (χ2v) is 7.43. The smallest absolute Gasteiger partial charge is 0.253 e. The second kappa shape index (κ2) is 7.18. The molecule has 0 unspecified atom stereocenters. The molecule has 1 saturated heterocycles. The van der Waals surface area contributed by atoms with Crippen LogP contribution in [-0.4, -0.2) is 69.1 Å². The van der Waals surface area contributed by atoms with Crippen LogP contribution >= 0.6 is 0 Å². The normalized spacial score (nSPS) is 15.1. The molecule has 1 fully saturated rings. The van der Waals surface area contributed by atoms with Crippen molar-refractivity contribution < 1.29 is 4.79 Å². The van der Waals surface area contributed by atoms with Gasteiger partial charge in [-0.2, -0.15) is 5.10 Å². The number of nitrogens with one attached hydrogen (secondary N) is 2. The van der Waals surface area contributed by atoms with Crippen LogP contribution in [0.3, 0.4) is 0 Å². The lowest BCUT2D eigenvalue weighted by Gasteiger charge is -2.32. The zero-order chi connectivity index (χ0) is 19.8. The average Bonchev–Trinajstić information content (AvgIpc) is 3.41. The van der Waals surface area contributed by atoms with E-state index in [0.29, 0.717) is 11.4 Å². The quantitative estimate of drug-likeness (QED) is 0.567. The van der Waals surface area contributed by atoms with E-state index in [4.69, 9.17) is 4.98 Å². The van der Waals surface area contributed by atoms with Gasteiger partial charge in [-0.3, -0.25) is 9.89 Å². The number of H-pyrrole nitrogens is 2. The van der Waals surface area contributed by atoms with Gasteiger partial charge < -0.3 is 14.8 Å². The lowest BCUT2D eigenvalue weighted by atomic mass is 10.1. The molecule has 1 aliphatic rings. The molecule has 7 nitrogen and oxygen atoms in total. The molecule has 2 N–H and O–H groups in total. The Kier molecular flexibility index (Phi) is 4.37. The highest BCUT2D eigenvalue weighted by Crippen LogP contribution is 2.27. The summed E-state index contributed by atoms with van der Waals surface area (Å²) in [5.41, 5.74) is 4.18. The van der Waals surface area contributed by atoms with Gasteiger partial charge in [0.1, 0.15) is 5.69 Å². The third-order valence-corrected chi connectivity index (χ3v) is 5.47. The summed E-state index contributed by atoms with van der Waals surface area (Å²) in [4.78, 5) is 25.0. The number of piperazine rings is 1. The minimum Gasteiger partial charge on any atom is -0.343 e. The number of imidazole rings is 1. The lowest BCUT2D eigenvalue weighted by Crippen LogP contribution is -2.47. The Bertz CT molecular complexity index is 1150. The van der Waals surface area contributed by atoms with Crippen LogP contribution in [0.25, 0.3) is 33.7 Å². The maximum absolute atomic E-state index is 13.0. The van der Waals surface area contributed by atoms with Gasteiger partial charge >= 0.3 is 0 Å². The van der Waals surface area contributed by atoms with Crippen molar-refractivity contribution in [2.45, 2.75) is 0 Å². The van der Waals surface area contributed by atoms with E-state index in [1.807, 2.05) is 59.6 Å². The number of aromatic nitrogens is 4. The Morgan fingerprint density at radius 1 is 1.03 bits per heavy atom. The molecule has 1 aliphatic heterocycles. The van der Waals surface area contributed by atoms with Crippen LogP contribution in [0.2, 0.25) is 0 Å². The van der Waals surface area contributed by atoms with Crippen LogP contribution in [-0.2, 0) is 0 Å². The van der Waals surface area contributed by atoms with Gasteiger partial charge in [0.05, 0.1) is 11.2 Å². The van der Waals surface area contributed by atoms with E-state index in [0.717, 1.165) is 54.0 Å². The number of hydrogen-bond acceptors (Lipinski definition) is 4.